The Balaban J connectivity index is 1.41. The highest BCUT2D eigenvalue weighted by atomic mass is 32.3. The number of rotatable bonds is 5. The van der Waals surface area contributed by atoms with Gasteiger partial charge < -0.3 is 10.1 Å². The first-order chi connectivity index (χ1) is 14.6. The second-order valence-corrected chi connectivity index (χ2v) is 9.52. The number of hydrogen-bond donors (Lipinski definition) is 3. The van der Waals surface area contributed by atoms with Crippen molar-refractivity contribution >= 4 is 27.4 Å². The Morgan fingerprint density at radius 2 is 1.94 bits per heavy atom. The van der Waals surface area contributed by atoms with E-state index in [4.69, 9.17) is 4.74 Å². The zero-order chi connectivity index (χ0) is 22.2. The summed E-state index contributed by atoms with van der Waals surface area (Å²) in [5, 5.41) is 3.41. The van der Waals surface area contributed by atoms with Gasteiger partial charge in [0.25, 0.3) is 5.91 Å². The van der Waals surface area contributed by atoms with Gasteiger partial charge in [-0.2, -0.15) is 23.8 Å². The van der Waals surface area contributed by atoms with E-state index in [2.05, 4.69) is 15.3 Å². The van der Waals surface area contributed by atoms with E-state index < -0.39 is 22.3 Å². The number of halogens is 3. The molecule has 3 heterocycles. The molecule has 31 heavy (non-hydrogen) atoms. The van der Waals surface area contributed by atoms with Crippen molar-refractivity contribution in [3.05, 3.63) is 59.9 Å². The number of nitrogens with one attached hydrogen (secondary N) is 1. The molecule has 0 spiro atoms. The zero-order valence-corrected chi connectivity index (χ0v) is 16.8. The van der Waals surface area contributed by atoms with Crippen molar-refractivity contribution in [2.45, 2.75) is 6.18 Å². The first-order valence-corrected chi connectivity index (χ1v) is 11.1. The zero-order valence-electron chi connectivity index (χ0n) is 16.0. The van der Waals surface area contributed by atoms with Gasteiger partial charge >= 0.3 is 6.18 Å². The van der Waals surface area contributed by atoms with E-state index in [9.17, 15) is 27.1 Å². The number of aromatic nitrogens is 2. The van der Waals surface area contributed by atoms with E-state index in [1.807, 2.05) is 0 Å². The minimum Gasteiger partial charge on any atom is -0.439 e. The summed E-state index contributed by atoms with van der Waals surface area (Å²) in [5.74, 6) is 0.670. The van der Waals surface area contributed by atoms with Crippen molar-refractivity contribution in [1.82, 2.24) is 15.3 Å². The molecule has 164 valence electrons. The van der Waals surface area contributed by atoms with Crippen LogP contribution in [0.1, 0.15) is 16.1 Å². The first kappa shape index (κ1) is 21.3. The van der Waals surface area contributed by atoms with Gasteiger partial charge in [-0.3, -0.25) is 13.9 Å². The average molecular weight is 453 g/mol. The summed E-state index contributed by atoms with van der Waals surface area (Å²) in [5.41, 5.74) is -0.103. The Kier molecular flexibility index (Phi) is 5.50. The van der Waals surface area contributed by atoms with Gasteiger partial charge in [0.15, 0.2) is 0 Å². The highest BCUT2D eigenvalue weighted by molar-refractivity contribution is 8.25. The molecular formula is C20H18F3N3O4S. The Morgan fingerprint density at radius 1 is 1.16 bits per heavy atom. The molecule has 0 unspecified atom stereocenters. The molecule has 0 aliphatic carbocycles. The van der Waals surface area contributed by atoms with Crippen LogP contribution in [0.25, 0.3) is 10.9 Å². The van der Waals surface area contributed by atoms with E-state index in [1.54, 1.807) is 30.3 Å². The lowest BCUT2D eigenvalue weighted by atomic mass is 10.1. The van der Waals surface area contributed by atoms with Crippen molar-refractivity contribution in [3.63, 3.8) is 0 Å². The maximum absolute atomic E-state index is 12.6. The molecule has 1 amide bonds. The number of carbonyl (C=O) groups is 1. The summed E-state index contributed by atoms with van der Waals surface area (Å²) in [6.45, 7) is 0.349. The quantitative estimate of drug-likeness (QED) is 0.524. The Bertz CT molecular complexity index is 1110. The van der Waals surface area contributed by atoms with Gasteiger partial charge in [-0.15, -0.1) is 0 Å². The second-order valence-electron chi connectivity index (χ2n) is 7.25. The third-order valence-corrected chi connectivity index (χ3v) is 6.75. The van der Waals surface area contributed by atoms with Crippen LogP contribution in [-0.4, -0.2) is 43.0 Å². The molecule has 3 aromatic rings. The molecule has 11 heteroatoms. The number of nitrogens with zero attached hydrogens (tertiary/aromatic N) is 2. The fourth-order valence-corrected chi connectivity index (χ4v) is 4.82. The van der Waals surface area contributed by atoms with Gasteiger partial charge in [-0.1, -0.05) is 6.07 Å². The van der Waals surface area contributed by atoms with Crippen LogP contribution >= 0.6 is 10.6 Å². The normalized spacial score (nSPS) is 17.1. The first-order valence-electron chi connectivity index (χ1n) is 9.23. The van der Waals surface area contributed by atoms with E-state index in [0.717, 1.165) is 12.1 Å². The van der Waals surface area contributed by atoms with Crippen LogP contribution in [0.4, 0.5) is 13.2 Å². The molecule has 0 bridgehead atoms. The van der Waals surface area contributed by atoms with Crippen molar-refractivity contribution in [3.8, 4) is 11.6 Å². The number of benzene rings is 1. The van der Waals surface area contributed by atoms with E-state index in [1.165, 1.54) is 0 Å². The molecule has 1 aliphatic heterocycles. The number of pyridine rings is 2. The van der Waals surface area contributed by atoms with E-state index in [0.29, 0.717) is 40.9 Å². The Labute approximate surface area is 176 Å². The summed E-state index contributed by atoms with van der Waals surface area (Å²) in [6.07, 6.45) is -3.76. The van der Waals surface area contributed by atoms with Crippen LogP contribution in [0, 0.1) is 5.92 Å². The van der Waals surface area contributed by atoms with Gasteiger partial charge in [0, 0.05) is 41.6 Å². The van der Waals surface area contributed by atoms with Crippen molar-refractivity contribution in [2.24, 2.45) is 5.92 Å². The van der Waals surface area contributed by atoms with Crippen LogP contribution in [0.3, 0.4) is 0 Å². The van der Waals surface area contributed by atoms with Crippen molar-refractivity contribution in [2.75, 3.05) is 18.1 Å². The molecule has 1 saturated heterocycles. The number of hydrogen-bond acceptors (Lipinski definition) is 6. The van der Waals surface area contributed by atoms with Crippen LogP contribution in [0.5, 0.6) is 11.6 Å². The van der Waals surface area contributed by atoms with Gasteiger partial charge in [-0.05, 0) is 30.3 Å². The molecule has 1 aromatic carbocycles. The minimum atomic E-state index is -4.47. The average Bonchev–Trinajstić information content (AvgIpc) is 2.69. The van der Waals surface area contributed by atoms with Crippen molar-refractivity contribution in [1.29, 1.82) is 0 Å². The smallest absolute Gasteiger partial charge is 0.417 e. The molecule has 1 aliphatic rings. The number of alkyl halides is 3. The lowest BCUT2D eigenvalue weighted by Gasteiger charge is -2.47. The molecule has 0 saturated carbocycles. The van der Waals surface area contributed by atoms with Crippen LogP contribution in [0.15, 0.2) is 48.7 Å². The molecule has 3 N–H and O–H groups in total. The fourth-order valence-electron chi connectivity index (χ4n) is 3.17. The number of carbonyl (C=O) groups excluding carboxylic acids is 1. The van der Waals surface area contributed by atoms with E-state index in [-0.39, 0.29) is 23.4 Å². The van der Waals surface area contributed by atoms with Crippen molar-refractivity contribution < 1.29 is 31.8 Å². The molecule has 4 rings (SSSR count). The SMILES string of the molecule is O=C(NCC1CS(O)(O)C1)c1ccc2cc(Oc3ccc(C(F)(F)F)cn3)ccc2n1. The standard InChI is InChI=1S/C20H18F3N3O4S/c21-20(22,23)14-2-6-18(24-9-14)30-15-3-5-16-13(7-15)1-4-17(26-16)19(27)25-8-12-10-31(28,29)11-12/h1-7,9,12,28-29H,8,10-11H2,(H,25,27). The Hall–Kier alpha value is -2.89. The van der Waals surface area contributed by atoms with Crippen LogP contribution in [0.2, 0.25) is 0 Å². The summed E-state index contributed by atoms with van der Waals surface area (Å²) in [7, 11) is -2.44. The summed E-state index contributed by atoms with van der Waals surface area (Å²) >= 11 is 0. The maximum atomic E-state index is 12.6. The number of ether oxygens (including phenoxy) is 1. The third-order valence-electron chi connectivity index (χ3n) is 4.74. The predicted octanol–water partition coefficient (Wildman–Crippen LogP) is 4.55. The lowest BCUT2D eigenvalue weighted by Crippen LogP contribution is -2.41. The summed E-state index contributed by atoms with van der Waals surface area (Å²) in [4.78, 5) is 20.3. The second kappa shape index (κ2) is 7.98. The molecule has 2 aromatic heterocycles. The van der Waals surface area contributed by atoms with Crippen LogP contribution < -0.4 is 10.1 Å². The third kappa shape index (κ3) is 5.06. The summed E-state index contributed by atoms with van der Waals surface area (Å²) in [6, 6.07) is 10.1. The maximum Gasteiger partial charge on any atom is 0.417 e. The molecular weight excluding hydrogens is 435 g/mol. The largest absolute Gasteiger partial charge is 0.439 e. The number of fused-ring (bicyclic) bond motifs is 1. The Morgan fingerprint density at radius 3 is 2.58 bits per heavy atom. The van der Waals surface area contributed by atoms with Gasteiger partial charge in [0.2, 0.25) is 5.88 Å². The monoisotopic (exact) mass is 453 g/mol. The van der Waals surface area contributed by atoms with Crippen LogP contribution in [-0.2, 0) is 6.18 Å². The predicted molar refractivity (Wildman–Crippen MR) is 109 cm³/mol. The molecule has 0 atom stereocenters. The topological polar surface area (TPSA) is 105 Å². The van der Waals surface area contributed by atoms with Gasteiger partial charge in [0.1, 0.15) is 11.4 Å². The fraction of sp³-hybridized carbons (Fsp3) is 0.250. The minimum absolute atomic E-state index is 0.0175. The summed E-state index contributed by atoms with van der Waals surface area (Å²) < 4.78 is 62.1. The highest BCUT2D eigenvalue weighted by Crippen LogP contribution is 2.51. The molecule has 0 radical (unpaired) electrons. The van der Waals surface area contributed by atoms with Gasteiger partial charge in [-0.25, -0.2) is 9.97 Å². The van der Waals surface area contributed by atoms with E-state index >= 15 is 0 Å². The highest BCUT2D eigenvalue weighted by Gasteiger charge is 2.33. The number of amides is 1. The van der Waals surface area contributed by atoms with Gasteiger partial charge in [0.05, 0.1) is 11.1 Å². The molecule has 1 fully saturated rings. The molecule has 7 nitrogen and oxygen atoms in total. The lowest BCUT2D eigenvalue weighted by molar-refractivity contribution is -0.137.